The Balaban J connectivity index is 2.05. The van der Waals surface area contributed by atoms with E-state index in [-0.39, 0.29) is 5.91 Å². The number of nitrogens with one attached hydrogen (secondary N) is 1. The smallest absolute Gasteiger partial charge is 0.268 e. The van der Waals surface area contributed by atoms with E-state index in [1.807, 2.05) is 25.2 Å². The van der Waals surface area contributed by atoms with Gasteiger partial charge < -0.3 is 4.42 Å². The van der Waals surface area contributed by atoms with E-state index in [9.17, 15) is 4.79 Å². The van der Waals surface area contributed by atoms with Crippen molar-refractivity contribution in [1.82, 2.24) is 10.3 Å². The Morgan fingerprint density at radius 1 is 1.38 bits per heavy atom. The standard InChI is InChI=1S/C15H18BrN3O2/c1-10-13(15(20)18-17)7-12(21-10)9-19(2)8-11-5-3-4-6-14(11)16/h3-7H,8-9,17H2,1-2H3,(H,18,20). The van der Waals surface area contributed by atoms with E-state index in [0.717, 1.165) is 16.8 Å². The summed E-state index contributed by atoms with van der Waals surface area (Å²) < 4.78 is 6.69. The molecule has 0 radical (unpaired) electrons. The highest BCUT2D eigenvalue weighted by Crippen LogP contribution is 2.20. The van der Waals surface area contributed by atoms with Gasteiger partial charge in [-0.05, 0) is 31.7 Å². The first-order chi connectivity index (χ1) is 10.0. The van der Waals surface area contributed by atoms with Gasteiger partial charge in [0.1, 0.15) is 11.5 Å². The second-order valence-corrected chi connectivity index (χ2v) is 5.77. The van der Waals surface area contributed by atoms with Gasteiger partial charge >= 0.3 is 0 Å². The molecule has 0 unspecified atom stereocenters. The number of hydrazine groups is 1. The molecule has 1 heterocycles. The van der Waals surface area contributed by atoms with Gasteiger partial charge in [0.15, 0.2) is 0 Å². The van der Waals surface area contributed by atoms with Crippen LogP contribution in [0.2, 0.25) is 0 Å². The summed E-state index contributed by atoms with van der Waals surface area (Å²) in [5.74, 6) is 6.12. The van der Waals surface area contributed by atoms with E-state index in [1.165, 1.54) is 5.56 Å². The summed E-state index contributed by atoms with van der Waals surface area (Å²) in [4.78, 5) is 13.7. The summed E-state index contributed by atoms with van der Waals surface area (Å²) in [6.45, 7) is 3.14. The fourth-order valence-electron chi connectivity index (χ4n) is 2.16. The molecular weight excluding hydrogens is 334 g/mol. The molecule has 1 aromatic heterocycles. The second-order valence-electron chi connectivity index (χ2n) is 4.92. The van der Waals surface area contributed by atoms with E-state index >= 15 is 0 Å². The lowest BCUT2D eigenvalue weighted by molar-refractivity contribution is 0.0952. The topological polar surface area (TPSA) is 71.5 Å². The third-order valence-electron chi connectivity index (χ3n) is 3.17. The van der Waals surface area contributed by atoms with Gasteiger partial charge in [-0.15, -0.1) is 0 Å². The van der Waals surface area contributed by atoms with E-state index in [2.05, 4.69) is 32.3 Å². The summed E-state index contributed by atoms with van der Waals surface area (Å²) in [5, 5.41) is 0. The van der Waals surface area contributed by atoms with Gasteiger partial charge in [-0.1, -0.05) is 34.1 Å². The predicted molar refractivity (Wildman–Crippen MR) is 84.4 cm³/mol. The molecule has 112 valence electrons. The fourth-order valence-corrected chi connectivity index (χ4v) is 2.57. The van der Waals surface area contributed by atoms with Crippen LogP contribution in [0.3, 0.4) is 0 Å². The number of nitrogens with zero attached hydrogens (tertiary/aromatic N) is 1. The van der Waals surface area contributed by atoms with Gasteiger partial charge in [-0.3, -0.25) is 15.1 Å². The monoisotopic (exact) mass is 351 g/mol. The van der Waals surface area contributed by atoms with Crippen LogP contribution in [-0.2, 0) is 13.1 Å². The minimum Gasteiger partial charge on any atom is -0.464 e. The van der Waals surface area contributed by atoms with Crippen molar-refractivity contribution in [3.8, 4) is 0 Å². The molecule has 0 aliphatic rings. The maximum Gasteiger partial charge on any atom is 0.268 e. The number of halogens is 1. The number of benzene rings is 1. The molecule has 1 amide bonds. The van der Waals surface area contributed by atoms with Crippen LogP contribution in [-0.4, -0.2) is 17.9 Å². The van der Waals surface area contributed by atoms with Crippen molar-refractivity contribution in [3.63, 3.8) is 0 Å². The van der Waals surface area contributed by atoms with Crippen molar-refractivity contribution >= 4 is 21.8 Å². The van der Waals surface area contributed by atoms with Crippen molar-refractivity contribution in [2.75, 3.05) is 7.05 Å². The third kappa shape index (κ3) is 3.93. The minimum absolute atomic E-state index is 0.337. The number of carbonyl (C=O) groups is 1. The van der Waals surface area contributed by atoms with E-state index in [0.29, 0.717) is 17.9 Å². The summed E-state index contributed by atoms with van der Waals surface area (Å²) >= 11 is 3.54. The van der Waals surface area contributed by atoms with Crippen LogP contribution in [0, 0.1) is 6.92 Å². The maximum atomic E-state index is 11.6. The number of rotatable bonds is 5. The average Bonchev–Trinajstić information content (AvgIpc) is 2.81. The number of nitrogens with two attached hydrogens (primary N) is 1. The number of aryl methyl sites for hydroxylation is 1. The summed E-state index contributed by atoms with van der Waals surface area (Å²) in [7, 11) is 2.00. The lowest BCUT2D eigenvalue weighted by Gasteiger charge is -2.16. The van der Waals surface area contributed by atoms with Crippen LogP contribution in [0.1, 0.15) is 27.4 Å². The van der Waals surface area contributed by atoms with Gasteiger partial charge in [-0.25, -0.2) is 5.84 Å². The zero-order valence-corrected chi connectivity index (χ0v) is 13.6. The molecule has 0 fully saturated rings. The molecule has 0 aliphatic heterocycles. The lowest BCUT2D eigenvalue weighted by Crippen LogP contribution is -2.30. The quantitative estimate of drug-likeness (QED) is 0.493. The second kappa shape index (κ2) is 6.89. The minimum atomic E-state index is -0.337. The van der Waals surface area contributed by atoms with Crippen molar-refractivity contribution in [3.05, 3.63) is 57.5 Å². The summed E-state index contributed by atoms with van der Waals surface area (Å²) in [6, 6.07) is 9.81. The van der Waals surface area contributed by atoms with E-state index < -0.39 is 0 Å². The Kier molecular flexibility index (Phi) is 5.17. The number of carbonyl (C=O) groups excluding carboxylic acids is 1. The average molecular weight is 352 g/mol. The number of hydrogen-bond acceptors (Lipinski definition) is 4. The molecule has 3 N–H and O–H groups in total. The molecule has 2 rings (SSSR count). The molecule has 5 nitrogen and oxygen atoms in total. The first-order valence-corrected chi connectivity index (χ1v) is 7.32. The van der Waals surface area contributed by atoms with Crippen molar-refractivity contribution in [1.29, 1.82) is 0 Å². The zero-order chi connectivity index (χ0) is 15.4. The van der Waals surface area contributed by atoms with Crippen LogP contribution in [0.25, 0.3) is 0 Å². The fraction of sp³-hybridized carbons (Fsp3) is 0.267. The van der Waals surface area contributed by atoms with Crippen molar-refractivity contribution in [2.24, 2.45) is 5.84 Å². The molecule has 0 aliphatic carbocycles. The molecule has 2 aromatic rings. The van der Waals surface area contributed by atoms with Crippen molar-refractivity contribution < 1.29 is 9.21 Å². The van der Waals surface area contributed by atoms with Crippen LogP contribution in [0.4, 0.5) is 0 Å². The Labute approximate surface area is 132 Å². The number of furan rings is 1. The van der Waals surface area contributed by atoms with Gasteiger partial charge in [0.25, 0.3) is 5.91 Å². The molecule has 1 aromatic carbocycles. The molecule has 0 saturated heterocycles. The number of hydrogen-bond donors (Lipinski definition) is 2. The largest absolute Gasteiger partial charge is 0.464 e. The maximum absolute atomic E-state index is 11.6. The lowest BCUT2D eigenvalue weighted by atomic mass is 10.2. The number of nitrogen functional groups attached to an aromatic ring is 1. The molecule has 0 saturated carbocycles. The summed E-state index contributed by atoms with van der Waals surface area (Å²) in [6.07, 6.45) is 0. The number of amides is 1. The highest BCUT2D eigenvalue weighted by Gasteiger charge is 2.15. The Morgan fingerprint density at radius 2 is 2.10 bits per heavy atom. The normalized spacial score (nSPS) is 10.9. The highest BCUT2D eigenvalue weighted by molar-refractivity contribution is 9.10. The van der Waals surface area contributed by atoms with Crippen LogP contribution < -0.4 is 11.3 Å². The predicted octanol–water partition coefficient (Wildman–Crippen LogP) is 2.59. The highest BCUT2D eigenvalue weighted by atomic mass is 79.9. The Morgan fingerprint density at radius 3 is 2.76 bits per heavy atom. The Hall–Kier alpha value is -1.63. The Bertz CT molecular complexity index is 640. The molecule has 0 spiro atoms. The first-order valence-electron chi connectivity index (χ1n) is 6.53. The van der Waals surface area contributed by atoms with Gasteiger partial charge in [0, 0.05) is 11.0 Å². The summed E-state index contributed by atoms with van der Waals surface area (Å²) in [5.41, 5.74) is 3.79. The molecule has 0 bridgehead atoms. The van der Waals surface area contributed by atoms with Gasteiger partial charge in [0.05, 0.1) is 12.1 Å². The third-order valence-corrected chi connectivity index (χ3v) is 3.94. The zero-order valence-electron chi connectivity index (χ0n) is 12.0. The van der Waals surface area contributed by atoms with Gasteiger partial charge in [0.2, 0.25) is 0 Å². The molecule has 21 heavy (non-hydrogen) atoms. The van der Waals surface area contributed by atoms with Crippen LogP contribution in [0.5, 0.6) is 0 Å². The van der Waals surface area contributed by atoms with Crippen LogP contribution in [0.15, 0.2) is 39.2 Å². The SMILES string of the molecule is Cc1oc(CN(C)Cc2ccccc2Br)cc1C(=O)NN. The molecule has 6 heteroatoms. The molecular formula is C15H18BrN3O2. The van der Waals surface area contributed by atoms with Gasteiger partial charge in [-0.2, -0.15) is 0 Å². The first kappa shape index (κ1) is 15.8. The van der Waals surface area contributed by atoms with E-state index in [1.54, 1.807) is 13.0 Å². The molecule has 0 atom stereocenters. The van der Waals surface area contributed by atoms with Crippen molar-refractivity contribution in [2.45, 2.75) is 20.0 Å². The van der Waals surface area contributed by atoms with E-state index in [4.69, 9.17) is 10.3 Å². The van der Waals surface area contributed by atoms with Crippen LogP contribution >= 0.6 is 15.9 Å².